The van der Waals surface area contributed by atoms with Gasteiger partial charge in [0, 0.05) is 12.0 Å². The molecular formula is C14H22N4O. The zero-order valence-electron chi connectivity index (χ0n) is 11.6. The van der Waals surface area contributed by atoms with E-state index >= 15 is 0 Å². The molecule has 1 amide bonds. The molecule has 5 nitrogen and oxygen atoms in total. The van der Waals surface area contributed by atoms with Crippen molar-refractivity contribution in [2.45, 2.75) is 57.5 Å². The molecule has 104 valence electrons. The second kappa shape index (κ2) is 4.96. The van der Waals surface area contributed by atoms with Gasteiger partial charge in [0.15, 0.2) is 0 Å². The molecule has 19 heavy (non-hydrogen) atoms. The largest absolute Gasteiger partial charge is 0.322 e. The van der Waals surface area contributed by atoms with Crippen molar-refractivity contribution in [1.82, 2.24) is 15.1 Å². The summed E-state index contributed by atoms with van der Waals surface area (Å²) in [6, 6.07) is 0.437. The van der Waals surface area contributed by atoms with Crippen molar-refractivity contribution in [2.75, 3.05) is 11.9 Å². The summed E-state index contributed by atoms with van der Waals surface area (Å²) in [4.78, 5) is 14.7. The van der Waals surface area contributed by atoms with Crippen LogP contribution in [0.1, 0.15) is 51.1 Å². The second-order valence-electron chi connectivity index (χ2n) is 5.95. The third-order valence-corrected chi connectivity index (χ3v) is 4.17. The second-order valence-corrected chi connectivity index (χ2v) is 5.95. The third kappa shape index (κ3) is 2.52. The molecule has 2 heterocycles. The Morgan fingerprint density at radius 3 is 2.95 bits per heavy atom. The molecule has 3 rings (SSSR count). The van der Waals surface area contributed by atoms with Crippen LogP contribution in [-0.4, -0.2) is 39.6 Å². The average molecular weight is 262 g/mol. The summed E-state index contributed by atoms with van der Waals surface area (Å²) in [6.45, 7) is 5.33. The summed E-state index contributed by atoms with van der Waals surface area (Å²) < 4.78 is 0. The van der Waals surface area contributed by atoms with Crippen LogP contribution in [0.3, 0.4) is 0 Å². The highest BCUT2D eigenvalue weighted by atomic mass is 16.2. The highest BCUT2D eigenvalue weighted by Gasteiger charge is 2.34. The maximum Gasteiger partial charge on any atom is 0.241 e. The Hall–Kier alpha value is -1.36. The number of H-pyrrole nitrogens is 1. The first-order chi connectivity index (χ1) is 9.16. The van der Waals surface area contributed by atoms with Crippen molar-refractivity contribution in [3.8, 4) is 0 Å². The maximum atomic E-state index is 12.4. The van der Waals surface area contributed by atoms with Crippen LogP contribution in [0.2, 0.25) is 0 Å². The summed E-state index contributed by atoms with van der Waals surface area (Å²) >= 11 is 0. The van der Waals surface area contributed by atoms with Gasteiger partial charge in [-0.15, -0.1) is 0 Å². The molecule has 1 aromatic rings. The Bertz CT molecular complexity index is 464. The maximum absolute atomic E-state index is 12.4. The van der Waals surface area contributed by atoms with Crippen LogP contribution in [0.25, 0.3) is 0 Å². The van der Waals surface area contributed by atoms with Gasteiger partial charge in [-0.1, -0.05) is 0 Å². The zero-order valence-corrected chi connectivity index (χ0v) is 11.6. The molecule has 1 aliphatic carbocycles. The van der Waals surface area contributed by atoms with Gasteiger partial charge in [-0.2, -0.15) is 5.10 Å². The van der Waals surface area contributed by atoms with Gasteiger partial charge in [0.05, 0.1) is 23.6 Å². The minimum atomic E-state index is 0.0157. The quantitative estimate of drug-likeness (QED) is 0.873. The molecule has 0 aromatic carbocycles. The van der Waals surface area contributed by atoms with Crippen molar-refractivity contribution in [1.29, 1.82) is 0 Å². The van der Waals surface area contributed by atoms with Crippen LogP contribution in [0.15, 0.2) is 6.20 Å². The van der Waals surface area contributed by atoms with Gasteiger partial charge >= 0.3 is 0 Å². The van der Waals surface area contributed by atoms with Crippen LogP contribution in [0, 0.1) is 0 Å². The lowest BCUT2D eigenvalue weighted by Gasteiger charge is -2.27. The van der Waals surface area contributed by atoms with E-state index in [2.05, 4.69) is 34.3 Å². The topological polar surface area (TPSA) is 61.0 Å². The van der Waals surface area contributed by atoms with E-state index in [1.165, 1.54) is 12.8 Å². The predicted molar refractivity (Wildman–Crippen MR) is 74.1 cm³/mol. The molecule has 2 N–H and O–H groups in total. The SMILES string of the molecule is CC(C)N1CCCC1C(=O)Nc1cn[nH]c1C1CC1. The fourth-order valence-electron chi connectivity index (χ4n) is 2.98. The van der Waals surface area contributed by atoms with Crippen molar-refractivity contribution in [3.05, 3.63) is 11.9 Å². The number of carbonyl (C=O) groups excluding carboxylic acids is 1. The van der Waals surface area contributed by atoms with Crippen molar-refractivity contribution < 1.29 is 4.79 Å². The van der Waals surface area contributed by atoms with Gasteiger partial charge in [0.1, 0.15) is 0 Å². The Morgan fingerprint density at radius 2 is 2.26 bits per heavy atom. The average Bonchev–Trinajstić information content (AvgIpc) is 2.92. The standard InChI is InChI=1S/C14H22N4O/c1-9(2)18-7-3-4-12(18)14(19)16-11-8-15-17-13(11)10-5-6-10/h8-10,12H,3-7H2,1-2H3,(H,15,17)(H,16,19). The molecule has 5 heteroatoms. The van der Waals surface area contributed by atoms with Gasteiger partial charge in [0.25, 0.3) is 0 Å². The Labute approximate surface area is 113 Å². The monoisotopic (exact) mass is 262 g/mol. The molecular weight excluding hydrogens is 240 g/mol. The molecule has 2 aliphatic rings. The molecule has 0 bridgehead atoms. The van der Waals surface area contributed by atoms with E-state index in [1.807, 2.05) is 0 Å². The zero-order chi connectivity index (χ0) is 13.4. The number of nitrogens with one attached hydrogen (secondary N) is 2. The first-order valence-electron chi connectivity index (χ1n) is 7.26. The molecule has 1 atom stereocenters. The number of hydrogen-bond donors (Lipinski definition) is 2. The fourth-order valence-corrected chi connectivity index (χ4v) is 2.98. The Balaban J connectivity index is 1.68. The van der Waals surface area contributed by atoms with Crippen LogP contribution in [-0.2, 0) is 4.79 Å². The molecule has 1 aliphatic heterocycles. The van der Waals surface area contributed by atoms with Crippen molar-refractivity contribution in [3.63, 3.8) is 0 Å². The molecule has 1 unspecified atom stereocenters. The van der Waals surface area contributed by atoms with Gasteiger partial charge in [-0.3, -0.25) is 14.8 Å². The number of rotatable bonds is 4. The first-order valence-corrected chi connectivity index (χ1v) is 7.26. The number of aromatic nitrogens is 2. The summed E-state index contributed by atoms with van der Waals surface area (Å²) in [7, 11) is 0. The highest BCUT2D eigenvalue weighted by molar-refractivity contribution is 5.95. The molecule has 0 spiro atoms. The summed E-state index contributed by atoms with van der Waals surface area (Å²) in [5, 5.41) is 10.1. The van der Waals surface area contributed by atoms with Gasteiger partial charge in [-0.05, 0) is 46.1 Å². The van der Waals surface area contributed by atoms with Gasteiger partial charge in [-0.25, -0.2) is 0 Å². The third-order valence-electron chi connectivity index (χ3n) is 4.17. The van der Waals surface area contributed by atoms with E-state index in [-0.39, 0.29) is 11.9 Å². The van der Waals surface area contributed by atoms with E-state index in [9.17, 15) is 4.79 Å². The number of carbonyl (C=O) groups is 1. The van der Waals surface area contributed by atoms with E-state index in [1.54, 1.807) is 6.20 Å². The van der Waals surface area contributed by atoms with Crippen LogP contribution in [0.5, 0.6) is 0 Å². The molecule has 1 saturated heterocycles. The van der Waals surface area contributed by atoms with E-state index in [0.29, 0.717) is 12.0 Å². The predicted octanol–water partition coefficient (Wildman–Crippen LogP) is 2.10. The summed E-state index contributed by atoms with van der Waals surface area (Å²) in [6.07, 6.45) is 6.21. The number of amides is 1. The van der Waals surface area contributed by atoms with E-state index < -0.39 is 0 Å². The van der Waals surface area contributed by atoms with Crippen LogP contribution in [0.4, 0.5) is 5.69 Å². The van der Waals surface area contributed by atoms with E-state index in [0.717, 1.165) is 30.8 Å². The first kappa shape index (κ1) is 12.7. The smallest absolute Gasteiger partial charge is 0.241 e. The van der Waals surface area contributed by atoms with Crippen LogP contribution < -0.4 is 5.32 Å². The molecule has 0 radical (unpaired) electrons. The Kier molecular flexibility index (Phi) is 3.31. The molecule has 2 fully saturated rings. The lowest BCUT2D eigenvalue weighted by atomic mass is 10.1. The summed E-state index contributed by atoms with van der Waals surface area (Å²) in [5.74, 6) is 0.692. The Morgan fingerprint density at radius 1 is 1.47 bits per heavy atom. The normalized spacial score (nSPS) is 24.1. The number of anilines is 1. The lowest BCUT2D eigenvalue weighted by molar-refractivity contribution is -0.120. The fraction of sp³-hybridized carbons (Fsp3) is 0.714. The molecule has 1 aromatic heterocycles. The van der Waals surface area contributed by atoms with Gasteiger partial charge < -0.3 is 5.32 Å². The minimum absolute atomic E-state index is 0.0157. The number of likely N-dealkylation sites (tertiary alicyclic amines) is 1. The number of nitrogens with zero attached hydrogens (tertiary/aromatic N) is 2. The highest BCUT2D eigenvalue weighted by Crippen LogP contribution is 2.42. The van der Waals surface area contributed by atoms with Gasteiger partial charge in [0.2, 0.25) is 5.91 Å². The van der Waals surface area contributed by atoms with Crippen molar-refractivity contribution >= 4 is 11.6 Å². The minimum Gasteiger partial charge on any atom is -0.322 e. The summed E-state index contributed by atoms with van der Waals surface area (Å²) in [5.41, 5.74) is 1.98. The number of aromatic amines is 1. The van der Waals surface area contributed by atoms with Crippen molar-refractivity contribution in [2.24, 2.45) is 0 Å². The number of hydrogen-bond acceptors (Lipinski definition) is 3. The lowest BCUT2D eigenvalue weighted by Crippen LogP contribution is -2.43. The van der Waals surface area contributed by atoms with Crippen LogP contribution >= 0.6 is 0 Å². The molecule has 1 saturated carbocycles. The van der Waals surface area contributed by atoms with E-state index in [4.69, 9.17) is 0 Å².